The van der Waals surface area contributed by atoms with Gasteiger partial charge in [0.1, 0.15) is 0 Å². The fourth-order valence-corrected chi connectivity index (χ4v) is 1.90. The van der Waals surface area contributed by atoms with Crippen LogP contribution in [0.2, 0.25) is 0 Å². The molecule has 1 aliphatic heterocycles. The van der Waals surface area contributed by atoms with Crippen molar-refractivity contribution in [3.8, 4) is 0 Å². The van der Waals surface area contributed by atoms with E-state index in [-0.39, 0.29) is 6.10 Å². The van der Waals surface area contributed by atoms with Gasteiger partial charge in [-0.25, -0.2) is 5.90 Å². The summed E-state index contributed by atoms with van der Waals surface area (Å²) < 4.78 is 0. The van der Waals surface area contributed by atoms with Crippen LogP contribution in [-0.2, 0) is 4.84 Å². The molecule has 2 rings (SSSR count). The summed E-state index contributed by atoms with van der Waals surface area (Å²) in [5, 5.41) is 0. The molecule has 3 heteroatoms. The molecule has 14 heavy (non-hydrogen) atoms. The molecule has 1 fully saturated rings. The van der Waals surface area contributed by atoms with Crippen LogP contribution >= 0.6 is 0 Å². The Bertz CT molecular complexity index is 314. The Kier molecular flexibility index (Phi) is 2.70. The number of nitrogens with zero attached hydrogens (tertiary/aromatic N) is 1. The van der Waals surface area contributed by atoms with Gasteiger partial charge in [-0.05, 0) is 31.0 Å². The van der Waals surface area contributed by atoms with E-state index >= 15 is 0 Å². The summed E-state index contributed by atoms with van der Waals surface area (Å²) in [5.41, 5.74) is 2.56. The minimum absolute atomic E-state index is 0.190. The van der Waals surface area contributed by atoms with Gasteiger partial charge in [0.2, 0.25) is 0 Å². The van der Waals surface area contributed by atoms with Gasteiger partial charge in [-0.3, -0.25) is 4.84 Å². The summed E-state index contributed by atoms with van der Waals surface area (Å²) >= 11 is 0. The van der Waals surface area contributed by atoms with Crippen molar-refractivity contribution in [3.63, 3.8) is 0 Å². The Morgan fingerprint density at radius 1 is 1.50 bits per heavy atom. The topological polar surface area (TPSA) is 38.5 Å². The zero-order valence-corrected chi connectivity index (χ0v) is 8.44. The van der Waals surface area contributed by atoms with Gasteiger partial charge in [0, 0.05) is 18.8 Å². The van der Waals surface area contributed by atoms with E-state index < -0.39 is 0 Å². The lowest BCUT2D eigenvalue weighted by Crippen LogP contribution is -2.24. The zero-order valence-electron chi connectivity index (χ0n) is 8.44. The van der Waals surface area contributed by atoms with Crippen LogP contribution in [0.5, 0.6) is 0 Å². The summed E-state index contributed by atoms with van der Waals surface area (Å²) in [4.78, 5) is 7.16. The quantitative estimate of drug-likeness (QED) is 0.721. The summed E-state index contributed by atoms with van der Waals surface area (Å²) in [5.74, 6) is 5.18. The fourth-order valence-electron chi connectivity index (χ4n) is 1.90. The minimum Gasteiger partial charge on any atom is -0.369 e. The summed E-state index contributed by atoms with van der Waals surface area (Å²) in [6.45, 7) is 4.04. The van der Waals surface area contributed by atoms with E-state index in [0.29, 0.717) is 0 Å². The monoisotopic (exact) mass is 192 g/mol. The zero-order chi connectivity index (χ0) is 9.97. The van der Waals surface area contributed by atoms with E-state index in [2.05, 4.69) is 36.1 Å². The van der Waals surface area contributed by atoms with Crippen LogP contribution in [0.25, 0.3) is 0 Å². The molecule has 0 radical (unpaired) electrons. The van der Waals surface area contributed by atoms with Crippen molar-refractivity contribution >= 4 is 5.69 Å². The van der Waals surface area contributed by atoms with E-state index in [4.69, 9.17) is 10.7 Å². The van der Waals surface area contributed by atoms with Gasteiger partial charge in [-0.2, -0.15) is 0 Å². The largest absolute Gasteiger partial charge is 0.369 e. The van der Waals surface area contributed by atoms with Crippen LogP contribution < -0.4 is 10.8 Å². The molecule has 1 atom stereocenters. The molecule has 0 spiro atoms. The number of hydrogen-bond donors (Lipinski definition) is 1. The molecule has 1 aliphatic rings. The van der Waals surface area contributed by atoms with Crippen LogP contribution in [0.15, 0.2) is 24.3 Å². The molecule has 1 saturated heterocycles. The van der Waals surface area contributed by atoms with Gasteiger partial charge >= 0.3 is 0 Å². The highest BCUT2D eigenvalue weighted by Crippen LogP contribution is 2.21. The Hall–Kier alpha value is -1.06. The van der Waals surface area contributed by atoms with Crippen molar-refractivity contribution in [3.05, 3.63) is 29.8 Å². The number of nitrogens with two attached hydrogens (primary N) is 1. The first-order valence-corrected chi connectivity index (χ1v) is 4.97. The average Bonchev–Trinajstić information content (AvgIpc) is 2.66. The first kappa shape index (κ1) is 9.49. The molecule has 0 saturated carbocycles. The molecule has 1 unspecified atom stereocenters. The molecular formula is C11H16N2O. The Balaban J connectivity index is 2.09. The molecule has 1 aromatic carbocycles. The van der Waals surface area contributed by atoms with Crippen LogP contribution in [0.1, 0.15) is 12.0 Å². The average molecular weight is 192 g/mol. The molecule has 1 aromatic rings. The second-order valence-electron chi connectivity index (χ2n) is 3.83. The molecule has 1 heterocycles. The highest BCUT2D eigenvalue weighted by Gasteiger charge is 2.22. The van der Waals surface area contributed by atoms with Crippen molar-refractivity contribution in [1.82, 2.24) is 0 Å². The number of hydrogen-bond acceptors (Lipinski definition) is 3. The van der Waals surface area contributed by atoms with E-state index in [1.807, 2.05) is 0 Å². The van der Waals surface area contributed by atoms with E-state index in [9.17, 15) is 0 Å². The maximum Gasteiger partial charge on any atom is 0.0978 e. The summed E-state index contributed by atoms with van der Waals surface area (Å²) in [7, 11) is 0. The first-order chi connectivity index (χ1) is 6.79. The van der Waals surface area contributed by atoms with Gasteiger partial charge in [-0.15, -0.1) is 0 Å². The number of rotatable bonds is 2. The number of aryl methyl sites for hydroxylation is 1. The molecule has 2 N–H and O–H groups in total. The lowest BCUT2D eigenvalue weighted by molar-refractivity contribution is 0.0690. The summed E-state index contributed by atoms with van der Waals surface area (Å²) in [6, 6.07) is 8.52. The smallest absolute Gasteiger partial charge is 0.0978 e. The third kappa shape index (κ3) is 1.89. The van der Waals surface area contributed by atoms with Gasteiger partial charge in [0.05, 0.1) is 6.10 Å². The van der Waals surface area contributed by atoms with Gasteiger partial charge in [0.25, 0.3) is 0 Å². The van der Waals surface area contributed by atoms with Crippen molar-refractivity contribution in [2.45, 2.75) is 19.4 Å². The Morgan fingerprint density at radius 3 is 3.00 bits per heavy atom. The maximum atomic E-state index is 5.18. The number of benzene rings is 1. The Morgan fingerprint density at radius 2 is 2.36 bits per heavy atom. The summed E-state index contributed by atoms with van der Waals surface area (Å²) in [6.07, 6.45) is 1.21. The highest BCUT2D eigenvalue weighted by molar-refractivity contribution is 5.49. The van der Waals surface area contributed by atoms with Crippen LogP contribution in [-0.4, -0.2) is 19.2 Å². The Labute approximate surface area is 84.4 Å². The third-order valence-electron chi connectivity index (χ3n) is 2.70. The SMILES string of the molecule is Cc1cccc(N2CCC(ON)C2)c1. The molecule has 76 valence electrons. The second-order valence-corrected chi connectivity index (χ2v) is 3.83. The highest BCUT2D eigenvalue weighted by atomic mass is 16.6. The molecule has 0 aliphatic carbocycles. The third-order valence-corrected chi connectivity index (χ3v) is 2.70. The van der Waals surface area contributed by atoms with E-state index in [1.54, 1.807) is 0 Å². The van der Waals surface area contributed by atoms with Gasteiger partial charge in [-0.1, -0.05) is 12.1 Å². The maximum absolute atomic E-state index is 5.18. The van der Waals surface area contributed by atoms with Crippen molar-refractivity contribution in [1.29, 1.82) is 0 Å². The molecular weight excluding hydrogens is 176 g/mol. The van der Waals surface area contributed by atoms with Gasteiger partial charge in [0.15, 0.2) is 0 Å². The van der Waals surface area contributed by atoms with E-state index in [1.165, 1.54) is 11.3 Å². The normalized spacial score (nSPS) is 21.6. The predicted molar refractivity (Wildman–Crippen MR) is 57.1 cm³/mol. The number of anilines is 1. The van der Waals surface area contributed by atoms with Crippen LogP contribution in [0, 0.1) is 6.92 Å². The lowest BCUT2D eigenvalue weighted by Gasteiger charge is -2.18. The van der Waals surface area contributed by atoms with Crippen molar-refractivity contribution in [2.24, 2.45) is 5.90 Å². The minimum atomic E-state index is 0.190. The van der Waals surface area contributed by atoms with E-state index in [0.717, 1.165) is 19.5 Å². The second kappa shape index (κ2) is 3.98. The van der Waals surface area contributed by atoms with Crippen LogP contribution in [0.3, 0.4) is 0 Å². The predicted octanol–water partition coefficient (Wildman–Crippen LogP) is 1.46. The lowest BCUT2D eigenvalue weighted by atomic mass is 10.2. The van der Waals surface area contributed by atoms with Crippen molar-refractivity contribution < 1.29 is 4.84 Å². The fraction of sp³-hybridized carbons (Fsp3) is 0.455. The first-order valence-electron chi connectivity index (χ1n) is 4.97. The molecule has 3 nitrogen and oxygen atoms in total. The molecule has 0 amide bonds. The standard InChI is InChI=1S/C11H16N2O/c1-9-3-2-4-10(7-9)13-6-5-11(8-13)14-12/h2-4,7,11H,5-6,8,12H2,1H3. The van der Waals surface area contributed by atoms with Crippen LogP contribution in [0.4, 0.5) is 5.69 Å². The van der Waals surface area contributed by atoms with Crippen molar-refractivity contribution in [2.75, 3.05) is 18.0 Å². The van der Waals surface area contributed by atoms with Gasteiger partial charge < -0.3 is 4.90 Å². The molecule has 0 aromatic heterocycles. The molecule has 0 bridgehead atoms.